The normalized spacial score (nSPS) is 19.1. The van der Waals surface area contributed by atoms with Gasteiger partial charge in [-0.2, -0.15) is 0 Å². The van der Waals surface area contributed by atoms with Gasteiger partial charge in [0.1, 0.15) is 5.54 Å². The molecule has 0 unspecified atom stereocenters. The van der Waals surface area contributed by atoms with E-state index in [4.69, 9.17) is 15.4 Å². The minimum Gasteiger partial charge on any atom is -0.459 e. The maximum atomic E-state index is 12.2. The molecule has 2 rings (SSSR count). The van der Waals surface area contributed by atoms with Gasteiger partial charge in [0.2, 0.25) is 0 Å². The van der Waals surface area contributed by atoms with Crippen molar-refractivity contribution in [3.63, 3.8) is 0 Å². The maximum absolute atomic E-state index is 12.2. The Balaban J connectivity index is 2.21. The van der Waals surface area contributed by atoms with E-state index >= 15 is 0 Å². The topological polar surface area (TPSA) is 101 Å². The van der Waals surface area contributed by atoms with Crippen LogP contribution in [0.25, 0.3) is 0 Å². The molecule has 4 N–H and O–H groups in total. The zero-order chi connectivity index (χ0) is 13.9. The van der Waals surface area contributed by atoms with Gasteiger partial charge in [0.15, 0.2) is 11.6 Å². The highest BCUT2D eigenvalue weighted by molar-refractivity contribution is 5.99. The predicted molar refractivity (Wildman–Crippen MR) is 70.1 cm³/mol. The van der Waals surface area contributed by atoms with E-state index in [0.29, 0.717) is 12.8 Å². The molecule has 1 aliphatic rings. The highest BCUT2D eigenvalue weighted by Crippen LogP contribution is 2.29. The van der Waals surface area contributed by atoms with Crippen LogP contribution in [0.15, 0.2) is 21.9 Å². The van der Waals surface area contributed by atoms with E-state index in [9.17, 15) is 4.79 Å². The number of nitrogens with zero attached hydrogens (tertiary/aromatic N) is 1. The second-order valence-electron chi connectivity index (χ2n) is 5.01. The molecule has 1 aromatic heterocycles. The van der Waals surface area contributed by atoms with Gasteiger partial charge < -0.3 is 20.7 Å². The molecular formula is C13H19N3O3. The highest BCUT2D eigenvalue weighted by atomic mass is 16.4. The van der Waals surface area contributed by atoms with Gasteiger partial charge in [-0.05, 0) is 25.8 Å². The van der Waals surface area contributed by atoms with Crippen LogP contribution in [0.5, 0.6) is 0 Å². The summed E-state index contributed by atoms with van der Waals surface area (Å²) in [5.41, 5.74) is 5.78. The molecule has 1 heterocycles. The number of furan rings is 1. The minimum absolute atomic E-state index is 0.0600. The van der Waals surface area contributed by atoms with Crippen LogP contribution in [0, 0.1) is 6.92 Å². The third-order valence-electron chi connectivity index (χ3n) is 3.73. The first-order valence-corrected chi connectivity index (χ1v) is 6.44. The van der Waals surface area contributed by atoms with E-state index in [2.05, 4.69) is 10.5 Å². The number of oxime groups is 1. The van der Waals surface area contributed by atoms with E-state index in [1.807, 2.05) is 0 Å². The summed E-state index contributed by atoms with van der Waals surface area (Å²) < 4.78 is 5.17. The second kappa shape index (κ2) is 5.34. The number of nitrogens with two attached hydrogens (primary N) is 1. The third-order valence-corrected chi connectivity index (χ3v) is 3.73. The number of carbonyl (C=O) groups is 1. The quantitative estimate of drug-likeness (QED) is 0.335. The van der Waals surface area contributed by atoms with Crippen LogP contribution in [0.3, 0.4) is 0 Å². The van der Waals surface area contributed by atoms with E-state index < -0.39 is 5.54 Å². The second-order valence-corrected chi connectivity index (χ2v) is 5.01. The Hall–Kier alpha value is -1.98. The van der Waals surface area contributed by atoms with E-state index in [0.717, 1.165) is 24.8 Å². The predicted octanol–water partition coefficient (Wildman–Crippen LogP) is 1.77. The molecule has 6 nitrogen and oxygen atoms in total. The van der Waals surface area contributed by atoms with Gasteiger partial charge in [-0.15, -0.1) is 0 Å². The number of rotatable bonds is 3. The van der Waals surface area contributed by atoms with Gasteiger partial charge in [-0.1, -0.05) is 24.4 Å². The third kappa shape index (κ3) is 2.57. The largest absolute Gasteiger partial charge is 0.459 e. The molecule has 19 heavy (non-hydrogen) atoms. The zero-order valence-electron chi connectivity index (χ0n) is 11.0. The molecule has 0 radical (unpaired) electrons. The molecule has 0 bridgehead atoms. The van der Waals surface area contributed by atoms with Crippen molar-refractivity contribution in [1.82, 2.24) is 5.32 Å². The Morgan fingerprint density at radius 2 is 2.16 bits per heavy atom. The molecule has 0 aliphatic heterocycles. The summed E-state index contributed by atoms with van der Waals surface area (Å²) in [6.45, 7) is 1.80. The standard InChI is InChI=1S/C13H19N3O3/c1-9-5-8-19-10(9)11(17)15-13(12(14)16-18)6-3-2-4-7-13/h5,8,18H,2-4,6-7H2,1H3,(H2,14,16)(H,15,17). The van der Waals surface area contributed by atoms with Crippen molar-refractivity contribution in [2.45, 2.75) is 44.6 Å². The van der Waals surface area contributed by atoms with Gasteiger partial charge in [0.05, 0.1) is 6.26 Å². The summed E-state index contributed by atoms with van der Waals surface area (Å²) in [5.74, 6) is 0.0106. The molecule has 1 aromatic rings. The Morgan fingerprint density at radius 1 is 1.47 bits per heavy atom. The fraction of sp³-hybridized carbons (Fsp3) is 0.538. The van der Waals surface area contributed by atoms with Crippen LogP contribution in [0.2, 0.25) is 0 Å². The molecular weight excluding hydrogens is 246 g/mol. The molecule has 104 valence electrons. The summed E-state index contributed by atoms with van der Waals surface area (Å²) in [6, 6.07) is 1.73. The summed E-state index contributed by atoms with van der Waals surface area (Å²) in [4.78, 5) is 12.2. The molecule has 6 heteroatoms. The monoisotopic (exact) mass is 265 g/mol. The lowest BCUT2D eigenvalue weighted by atomic mass is 9.80. The van der Waals surface area contributed by atoms with Gasteiger partial charge in [0, 0.05) is 5.56 Å². The number of carbonyl (C=O) groups excluding carboxylic acids is 1. The smallest absolute Gasteiger partial charge is 0.288 e. The maximum Gasteiger partial charge on any atom is 0.288 e. The first kappa shape index (κ1) is 13.5. The number of amidine groups is 1. The fourth-order valence-electron chi connectivity index (χ4n) is 2.58. The van der Waals surface area contributed by atoms with Crippen molar-refractivity contribution in [2.24, 2.45) is 10.9 Å². The summed E-state index contributed by atoms with van der Waals surface area (Å²) in [6.07, 6.45) is 5.79. The molecule has 1 fully saturated rings. The summed E-state index contributed by atoms with van der Waals surface area (Å²) >= 11 is 0. The van der Waals surface area contributed by atoms with E-state index in [-0.39, 0.29) is 17.5 Å². The Morgan fingerprint density at radius 3 is 2.68 bits per heavy atom. The molecule has 0 aromatic carbocycles. The minimum atomic E-state index is -0.761. The fourth-order valence-corrected chi connectivity index (χ4v) is 2.58. The van der Waals surface area contributed by atoms with E-state index in [1.54, 1.807) is 13.0 Å². The van der Waals surface area contributed by atoms with Crippen LogP contribution < -0.4 is 11.1 Å². The van der Waals surface area contributed by atoms with Crippen molar-refractivity contribution >= 4 is 11.7 Å². The first-order chi connectivity index (χ1) is 9.09. The molecule has 1 amide bonds. The number of nitrogens with one attached hydrogen (secondary N) is 1. The van der Waals surface area contributed by atoms with Crippen LogP contribution in [0.1, 0.15) is 48.2 Å². The Bertz CT molecular complexity index is 487. The summed E-state index contributed by atoms with van der Waals surface area (Å²) in [5, 5.41) is 14.9. The number of hydrogen-bond donors (Lipinski definition) is 3. The van der Waals surface area contributed by atoms with Gasteiger partial charge in [-0.25, -0.2) is 0 Å². The van der Waals surface area contributed by atoms with Crippen LogP contribution in [0.4, 0.5) is 0 Å². The van der Waals surface area contributed by atoms with Crippen LogP contribution in [-0.4, -0.2) is 22.5 Å². The molecule has 1 saturated carbocycles. The average Bonchev–Trinajstić information content (AvgIpc) is 2.85. The Labute approximate surface area is 111 Å². The van der Waals surface area contributed by atoms with Gasteiger partial charge in [0.25, 0.3) is 5.91 Å². The van der Waals surface area contributed by atoms with Crippen LogP contribution in [-0.2, 0) is 0 Å². The van der Waals surface area contributed by atoms with Crippen LogP contribution >= 0.6 is 0 Å². The van der Waals surface area contributed by atoms with Crippen molar-refractivity contribution in [3.05, 3.63) is 23.7 Å². The van der Waals surface area contributed by atoms with E-state index in [1.165, 1.54) is 6.26 Å². The lowest BCUT2D eigenvalue weighted by Crippen LogP contribution is -2.58. The van der Waals surface area contributed by atoms with Crippen molar-refractivity contribution < 1.29 is 14.4 Å². The molecule has 0 spiro atoms. The van der Waals surface area contributed by atoms with Gasteiger partial charge >= 0.3 is 0 Å². The van der Waals surface area contributed by atoms with Crippen molar-refractivity contribution in [2.75, 3.05) is 0 Å². The number of aryl methyl sites for hydroxylation is 1. The molecule has 1 aliphatic carbocycles. The number of hydrogen-bond acceptors (Lipinski definition) is 4. The highest BCUT2D eigenvalue weighted by Gasteiger charge is 2.39. The first-order valence-electron chi connectivity index (χ1n) is 6.44. The molecule has 0 saturated heterocycles. The SMILES string of the molecule is Cc1ccoc1C(=O)NC1(/C(N)=N/O)CCCCC1. The zero-order valence-corrected chi connectivity index (χ0v) is 11.0. The summed E-state index contributed by atoms with van der Waals surface area (Å²) in [7, 11) is 0. The molecule has 0 atom stereocenters. The van der Waals surface area contributed by atoms with Gasteiger partial charge in [-0.3, -0.25) is 4.79 Å². The lowest BCUT2D eigenvalue weighted by Gasteiger charge is -2.36. The average molecular weight is 265 g/mol. The van der Waals surface area contributed by atoms with Crippen molar-refractivity contribution in [3.8, 4) is 0 Å². The van der Waals surface area contributed by atoms with Crippen molar-refractivity contribution in [1.29, 1.82) is 0 Å². The Kier molecular flexibility index (Phi) is 3.78. The lowest BCUT2D eigenvalue weighted by molar-refractivity contribution is 0.0876. The number of amides is 1.